The van der Waals surface area contributed by atoms with Crippen molar-refractivity contribution >= 4 is 55.9 Å². The van der Waals surface area contributed by atoms with Gasteiger partial charge in [-0.25, -0.2) is 9.78 Å². The normalized spacial score (nSPS) is 11.3. The molecule has 2 aromatic heterocycles. The summed E-state index contributed by atoms with van der Waals surface area (Å²) < 4.78 is 11.7. The summed E-state index contributed by atoms with van der Waals surface area (Å²) in [6, 6.07) is 18.3. The van der Waals surface area contributed by atoms with Crippen LogP contribution >= 0.6 is 27.3 Å². The van der Waals surface area contributed by atoms with E-state index in [0.717, 1.165) is 14.8 Å². The Morgan fingerprint density at radius 3 is 2.73 bits per heavy atom. The third-order valence-corrected chi connectivity index (χ3v) is 5.84. The smallest absolute Gasteiger partial charge is 0.353 e. The van der Waals surface area contributed by atoms with Crippen molar-refractivity contribution in [3.8, 4) is 17.6 Å². The number of nitrogens with zero attached hydrogens (tertiary/aromatic N) is 2. The summed E-state index contributed by atoms with van der Waals surface area (Å²) in [6.07, 6.45) is 1.70. The zero-order valence-electron chi connectivity index (χ0n) is 15.7. The van der Waals surface area contributed by atoms with Gasteiger partial charge in [0.2, 0.25) is 0 Å². The standard InChI is InChI=1S/C22H14BrN3O3S/c1-28-18-11-13(6-7-17(18)29-22(27)19-8-9-20(23)30-19)10-14(12-24)21-25-15-4-2-3-5-16(15)26-21/h2-11H,1H3,(H,25,26)/b14-10+. The molecule has 2 aromatic carbocycles. The lowest BCUT2D eigenvalue weighted by Gasteiger charge is -2.09. The lowest BCUT2D eigenvalue weighted by atomic mass is 10.1. The van der Waals surface area contributed by atoms with Crippen LogP contribution < -0.4 is 9.47 Å². The number of halogens is 1. The van der Waals surface area contributed by atoms with Crippen molar-refractivity contribution in [2.24, 2.45) is 0 Å². The highest BCUT2D eigenvalue weighted by Gasteiger charge is 2.15. The van der Waals surface area contributed by atoms with Crippen molar-refractivity contribution in [2.45, 2.75) is 0 Å². The van der Waals surface area contributed by atoms with Gasteiger partial charge in [-0.05, 0) is 64.0 Å². The number of rotatable bonds is 5. The number of imidazole rings is 1. The topological polar surface area (TPSA) is 88.0 Å². The molecule has 0 saturated heterocycles. The molecule has 2 heterocycles. The van der Waals surface area contributed by atoms with E-state index in [1.165, 1.54) is 18.4 Å². The van der Waals surface area contributed by atoms with Crippen LogP contribution in [0.4, 0.5) is 0 Å². The summed E-state index contributed by atoms with van der Waals surface area (Å²) in [5, 5.41) is 9.61. The first-order valence-corrected chi connectivity index (χ1v) is 10.4. The zero-order chi connectivity index (χ0) is 21.1. The van der Waals surface area contributed by atoms with Crippen molar-refractivity contribution < 1.29 is 14.3 Å². The molecule has 1 N–H and O–H groups in total. The molecule has 30 heavy (non-hydrogen) atoms. The van der Waals surface area contributed by atoms with Crippen LogP contribution in [0.5, 0.6) is 11.5 Å². The van der Waals surface area contributed by atoms with Crippen LogP contribution in [0, 0.1) is 11.3 Å². The van der Waals surface area contributed by atoms with Crippen LogP contribution in [0.1, 0.15) is 21.1 Å². The maximum absolute atomic E-state index is 12.3. The molecule has 0 radical (unpaired) electrons. The van der Waals surface area contributed by atoms with Crippen LogP contribution in [-0.2, 0) is 0 Å². The number of carbonyl (C=O) groups is 1. The fraction of sp³-hybridized carbons (Fsp3) is 0.0455. The Kier molecular flexibility index (Phi) is 5.65. The number of hydrogen-bond donors (Lipinski definition) is 1. The lowest BCUT2D eigenvalue weighted by Crippen LogP contribution is -2.07. The minimum absolute atomic E-state index is 0.298. The number of benzene rings is 2. The number of esters is 1. The van der Waals surface area contributed by atoms with Crippen LogP contribution in [0.25, 0.3) is 22.7 Å². The molecule has 4 aromatic rings. The van der Waals surface area contributed by atoms with Gasteiger partial charge in [-0.3, -0.25) is 0 Å². The molecule has 0 bridgehead atoms. The predicted octanol–water partition coefficient (Wildman–Crippen LogP) is 5.68. The fourth-order valence-electron chi connectivity index (χ4n) is 2.83. The number of allylic oxidation sites excluding steroid dienone is 1. The first-order valence-electron chi connectivity index (χ1n) is 8.80. The highest BCUT2D eigenvalue weighted by atomic mass is 79.9. The van der Waals surface area contributed by atoms with Crippen molar-refractivity contribution in [2.75, 3.05) is 7.11 Å². The fourth-order valence-corrected chi connectivity index (χ4v) is 4.10. The third-order valence-electron chi connectivity index (χ3n) is 4.24. The highest BCUT2D eigenvalue weighted by molar-refractivity contribution is 9.11. The Morgan fingerprint density at radius 1 is 1.20 bits per heavy atom. The SMILES string of the molecule is COc1cc(/C=C(\C#N)c2nc3ccccc3[nH]2)ccc1OC(=O)c1ccc(Br)s1. The Morgan fingerprint density at radius 2 is 2.03 bits per heavy atom. The van der Waals surface area contributed by atoms with Gasteiger partial charge in [-0.15, -0.1) is 11.3 Å². The molecular formula is C22H14BrN3O3S. The Bertz CT molecular complexity index is 1280. The van der Waals surface area contributed by atoms with E-state index in [0.29, 0.717) is 33.3 Å². The second-order valence-electron chi connectivity index (χ2n) is 6.18. The summed E-state index contributed by atoms with van der Waals surface area (Å²) >= 11 is 4.62. The average molecular weight is 480 g/mol. The number of para-hydroxylation sites is 2. The Labute approximate surface area is 184 Å². The largest absolute Gasteiger partial charge is 0.493 e. The number of nitriles is 1. The monoisotopic (exact) mass is 479 g/mol. The summed E-state index contributed by atoms with van der Waals surface area (Å²) in [5.41, 5.74) is 2.73. The predicted molar refractivity (Wildman–Crippen MR) is 120 cm³/mol. The van der Waals surface area contributed by atoms with E-state index in [9.17, 15) is 10.1 Å². The van der Waals surface area contributed by atoms with Gasteiger partial charge >= 0.3 is 5.97 Å². The van der Waals surface area contributed by atoms with Gasteiger partial charge in [0, 0.05) is 0 Å². The summed E-state index contributed by atoms with van der Waals surface area (Å²) in [6.45, 7) is 0. The van der Waals surface area contributed by atoms with Gasteiger partial charge in [0.05, 0.1) is 27.5 Å². The molecule has 0 atom stereocenters. The molecular weight excluding hydrogens is 466 g/mol. The van der Waals surface area contributed by atoms with Crippen LogP contribution in [-0.4, -0.2) is 23.0 Å². The average Bonchev–Trinajstić information content (AvgIpc) is 3.39. The van der Waals surface area contributed by atoms with E-state index in [1.54, 1.807) is 36.4 Å². The number of ether oxygens (including phenoxy) is 2. The van der Waals surface area contributed by atoms with Gasteiger partial charge in [0.15, 0.2) is 11.5 Å². The summed E-state index contributed by atoms with van der Waals surface area (Å²) in [5.74, 6) is 0.699. The van der Waals surface area contributed by atoms with Gasteiger partial charge in [-0.2, -0.15) is 5.26 Å². The van der Waals surface area contributed by atoms with E-state index in [-0.39, 0.29) is 0 Å². The minimum Gasteiger partial charge on any atom is -0.493 e. The summed E-state index contributed by atoms with van der Waals surface area (Å²) in [4.78, 5) is 20.4. The number of thiophene rings is 1. The molecule has 0 saturated carbocycles. The first-order chi connectivity index (χ1) is 14.6. The third kappa shape index (κ3) is 4.13. The number of aromatic amines is 1. The molecule has 148 valence electrons. The number of nitrogens with one attached hydrogen (secondary N) is 1. The Balaban J connectivity index is 1.62. The number of H-pyrrole nitrogens is 1. The maximum atomic E-state index is 12.3. The molecule has 0 spiro atoms. The molecule has 0 amide bonds. The van der Waals surface area contributed by atoms with Gasteiger partial charge in [0.1, 0.15) is 16.8 Å². The molecule has 0 aliphatic carbocycles. The molecule has 4 rings (SSSR count). The van der Waals surface area contributed by atoms with Crippen LogP contribution in [0.3, 0.4) is 0 Å². The second kappa shape index (κ2) is 8.53. The summed E-state index contributed by atoms with van der Waals surface area (Å²) in [7, 11) is 1.49. The van der Waals surface area contributed by atoms with E-state index in [1.807, 2.05) is 24.3 Å². The zero-order valence-corrected chi connectivity index (χ0v) is 18.1. The number of carbonyl (C=O) groups excluding carboxylic acids is 1. The second-order valence-corrected chi connectivity index (χ2v) is 8.64. The number of hydrogen-bond acceptors (Lipinski definition) is 6. The quantitative estimate of drug-likeness (QED) is 0.226. The van der Waals surface area contributed by atoms with Crippen LogP contribution in [0.2, 0.25) is 0 Å². The highest BCUT2D eigenvalue weighted by Crippen LogP contribution is 2.31. The van der Waals surface area contributed by atoms with E-state index < -0.39 is 5.97 Å². The number of methoxy groups -OCH3 is 1. The molecule has 0 aliphatic rings. The Hall–Kier alpha value is -3.41. The molecule has 6 nitrogen and oxygen atoms in total. The van der Waals surface area contributed by atoms with Crippen LogP contribution in [0.15, 0.2) is 58.4 Å². The number of aromatic nitrogens is 2. The van der Waals surface area contributed by atoms with E-state index in [4.69, 9.17) is 9.47 Å². The van der Waals surface area contributed by atoms with Crippen molar-refractivity contribution in [1.29, 1.82) is 5.26 Å². The van der Waals surface area contributed by atoms with E-state index >= 15 is 0 Å². The van der Waals surface area contributed by atoms with Gasteiger partial charge in [-0.1, -0.05) is 18.2 Å². The molecule has 0 unspecified atom stereocenters. The number of fused-ring (bicyclic) bond motifs is 1. The molecule has 0 aliphatic heterocycles. The van der Waals surface area contributed by atoms with E-state index in [2.05, 4.69) is 32.0 Å². The minimum atomic E-state index is -0.465. The molecule has 0 fully saturated rings. The van der Waals surface area contributed by atoms with Crippen molar-refractivity contribution in [3.05, 3.63) is 74.6 Å². The maximum Gasteiger partial charge on any atom is 0.353 e. The lowest BCUT2D eigenvalue weighted by molar-refractivity contribution is 0.0735. The molecule has 8 heteroatoms. The van der Waals surface area contributed by atoms with Crippen molar-refractivity contribution in [3.63, 3.8) is 0 Å². The van der Waals surface area contributed by atoms with Gasteiger partial charge < -0.3 is 14.5 Å². The first kappa shape index (κ1) is 19.9. The van der Waals surface area contributed by atoms with Crippen molar-refractivity contribution in [1.82, 2.24) is 9.97 Å². The van der Waals surface area contributed by atoms with Gasteiger partial charge in [0.25, 0.3) is 0 Å².